The lowest BCUT2D eigenvalue weighted by atomic mass is 10.1. The molecule has 8 heteroatoms. The molecule has 0 saturated heterocycles. The smallest absolute Gasteiger partial charge is 0.325 e. The summed E-state index contributed by atoms with van der Waals surface area (Å²) in [4.78, 5) is 28.6. The molecule has 150 valence electrons. The molecule has 0 unspecified atom stereocenters. The largest absolute Gasteiger partial charge is 0.326 e. The zero-order valence-corrected chi connectivity index (χ0v) is 17.7. The fraction of sp³-hybridized carbons (Fsp3) is 0.190. The van der Waals surface area contributed by atoms with Crippen molar-refractivity contribution in [1.29, 1.82) is 0 Å². The number of halogens is 1. The van der Waals surface area contributed by atoms with Gasteiger partial charge in [-0.1, -0.05) is 23.7 Å². The van der Waals surface area contributed by atoms with Gasteiger partial charge in [0, 0.05) is 28.2 Å². The van der Waals surface area contributed by atoms with Crippen LogP contribution in [0.25, 0.3) is 0 Å². The van der Waals surface area contributed by atoms with E-state index in [0.717, 1.165) is 16.9 Å². The van der Waals surface area contributed by atoms with E-state index in [2.05, 4.69) is 20.9 Å². The molecule has 2 aromatic carbocycles. The van der Waals surface area contributed by atoms with Crippen molar-refractivity contribution in [3.63, 3.8) is 0 Å². The van der Waals surface area contributed by atoms with E-state index < -0.39 is 6.03 Å². The van der Waals surface area contributed by atoms with E-state index in [1.165, 1.54) is 16.9 Å². The van der Waals surface area contributed by atoms with Crippen LogP contribution in [0.5, 0.6) is 0 Å². The van der Waals surface area contributed by atoms with Crippen molar-refractivity contribution < 1.29 is 9.59 Å². The Morgan fingerprint density at radius 2 is 1.79 bits per heavy atom. The Bertz CT molecular complexity index is 1040. The predicted octanol–water partition coefficient (Wildman–Crippen LogP) is 5.63. The number of hydrogen-bond acceptors (Lipinski definition) is 4. The summed E-state index contributed by atoms with van der Waals surface area (Å²) in [7, 11) is 0. The molecule has 0 aliphatic rings. The third-order valence-electron chi connectivity index (χ3n) is 4.25. The van der Waals surface area contributed by atoms with Gasteiger partial charge < -0.3 is 10.6 Å². The molecule has 0 aliphatic heterocycles. The van der Waals surface area contributed by atoms with Crippen LogP contribution >= 0.6 is 22.9 Å². The number of carbonyl (C=O) groups is 2. The number of rotatable bonds is 6. The van der Waals surface area contributed by atoms with Gasteiger partial charge in [0.05, 0.1) is 5.69 Å². The summed E-state index contributed by atoms with van der Waals surface area (Å²) in [6.45, 7) is 4.04. The van der Waals surface area contributed by atoms with Crippen LogP contribution in [0, 0.1) is 13.8 Å². The molecule has 6 nitrogen and oxygen atoms in total. The molecule has 3 rings (SSSR count). The third-order valence-corrected chi connectivity index (χ3v) is 5.30. The van der Waals surface area contributed by atoms with Crippen molar-refractivity contribution in [1.82, 2.24) is 4.98 Å². The second-order valence-corrected chi connectivity index (χ2v) is 7.88. The SMILES string of the molecule is Cc1ccc(NC(=O)CCc2csc(NC(=O)Nc3cccc(Cl)c3)n2)cc1C. The van der Waals surface area contributed by atoms with Gasteiger partial charge >= 0.3 is 6.03 Å². The van der Waals surface area contributed by atoms with Gasteiger partial charge in [-0.25, -0.2) is 9.78 Å². The van der Waals surface area contributed by atoms with Gasteiger partial charge in [0.1, 0.15) is 0 Å². The molecule has 3 N–H and O–H groups in total. The maximum Gasteiger partial charge on any atom is 0.325 e. The highest BCUT2D eigenvalue weighted by atomic mass is 35.5. The van der Waals surface area contributed by atoms with Crippen LogP contribution < -0.4 is 16.0 Å². The number of aromatic nitrogens is 1. The average Bonchev–Trinajstić information content (AvgIpc) is 3.10. The molecule has 0 fully saturated rings. The maximum atomic E-state index is 12.2. The first-order chi connectivity index (χ1) is 13.9. The number of carbonyl (C=O) groups excluding carboxylic acids is 2. The minimum Gasteiger partial charge on any atom is -0.326 e. The normalized spacial score (nSPS) is 10.4. The standard InChI is InChI=1S/C21H21ClN4O2S/c1-13-6-7-17(10-14(13)2)23-19(27)9-8-18-12-29-21(25-18)26-20(28)24-16-5-3-4-15(22)11-16/h3-7,10-12H,8-9H2,1-2H3,(H,23,27)(H2,24,25,26,28). The Kier molecular flexibility index (Phi) is 6.85. The van der Waals surface area contributed by atoms with Gasteiger partial charge in [0.2, 0.25) is 5.91 Å². The summed E-state index contributed by atoms with van der Waals surface area (Å²) in [6.07, 6.45) is 0.801. The Balaban J connectivity index is 1.47. The number of nitrogens with one attached hydrogen (secondary N) is 3. The zero-order chi connectivity index (χ0) is 20.8. The van der Waals surface area contributed by atoms with Crippen molar-refractivity contribution in [2.75, 3.05) is 16.0 Å². The fourth-order valence-corrected chi connectivity index (χ4v) is 3.52. The van der Waals surface area contributed by atoms with Gasteiger partial charge in [0.15, 0.2) is 5.13 Å². The number of nitrogens with zero attached hydrogens (tertiary/aromatic N) is 1. The van der Waals surface area contributed by atoms with E-state index in [4.69, 9.17) is 11.6 Å². The zero-order valence-electron chi connectivity index (χ0n) is 16.1. The van der Waals surface area contributed by atoms with Crippen LogP contribution in [-0.4, -0.2) is 16.9 Å². The van der Waals surface area contributed by atoms with E-state index >= 15 is 0 Å². The van der Waals surface area contributed by atoms with Crippen molar-refractivity contribution >= 4 is 51.4 Å². The second-order valence-electron chi connectivity index (χ2n) is 6.58. The fourth-order valence-electron chi connectivity index (χ4n) is 2.59. The average molecular weight is 429 g/mol. The quantitative estimate of drug-likeness (QED) is 0.475. The molecule has 0 atom stereocenters. The summed E-state index contributed by atoms with van der Waals surface area (Å²) in [5.74, 6) is -0.0746. The summed E-state index contributed by atoms with van der Waals surface area (Å²) in [5.41, 5.74) is 4.45. The van der Waals surface area contributed by atoms with E-state index in [9.17, 15) is 9.59 Å². The number of aryl methyl sites for hydroxylation is 3. The lowest BCUT2D eigenvalue weighted by Gasteiger charge is -2.07. The summed E-state index contributed by atoms with van der Waals surface area (Å²) < 4.78 is 0. The molecule has 0 aliphatic carbocycles. The molecule has 1 heterocycles. The lowest BCUT2D eigenvalue weighted by molar-refractivity contribution is -0.116. The highest BCUT2D eigenvalue weighted by Crippen LogP contribution is 2.19. The van der Waals surface area contributed by atoms with Crippen molar-refractivity contribution in [3.05, 3.63) is 69.7 Å². The first kappa shape index (κ1) is 20.8. The first-order valence-electron chi connectivity index (χ1n) is 9.04. The number of urea groups is 1. The number of thiazole rings is 1. The summed E-state index contributed by atoms with van der Waals surface area (Å²) in [6, 6.07) is 12.3. The lowest BCUT2D eigenvalue weighted by Crippen LogP contribution is -2.19. The van der Waals surface area contributed by atoms with Crippen molar-refractivity contribution in [2.24, 2.45) is 0 Å². The number of benzene rings is 2. The molecule has 0 radical (unpaired) electrons. The van der Waals surface area contributed by atoms with Crippen LogP contribution in [0.2, 0.25) is 5.02 Å². The predicted molar refractivity (Wildman–Crippen MR) is 119 cm³/mol. The molecule has 3 amide bonds. The minimum absolute atomic E-state index is 0.0746. The highest BCUT2D eigenvalue weighted by molar-refractivity contribution is 7.13. The molecular formula is C21H21ClN4O2S. The number of anilines is 3. The van der Waals surface area contributed by atoms with Gasteiger partial charge in [-0.15, -0.1) is 11.3 Å². The van der Waals surface area contributed by atoms with Crippen LogP contribution in [0.15, 0.2) is 47.8 Å². The van der Waals surface area contributed by atoms with Crippen LogP contribution in [0.4, 0.5) is 21.3 Å². The molecule has 0 bridgehead atoms. The van der Waals surface area contributed by atoms with Crippen molar-refractivity contribution in [2.45, 2.75) is 26.7 Å². The van der Waals surface area contributed by atoms with Gasteiger partial charge in [-0.3, -0.25) is 10.1 Å². The summed E-state index contributed by atoms with van der Waals surface area (Å²) in [5, 5.41) is 11.1. The number of amides is 3. The maximum absolute atomic E-state index is 12.2. The Hall–Kier alpha value is -2.90. The summed E-state index contributed by atoms with van der Waals surface area (Å²) >= 11 is 7.21. The second kappa shape index (κ2) is 9.54. The molecule has 0 saturated carbocycles. The van der Waals surface area contributed by atoms with Crippen LogP contribution in [0.3, 0.4) is 0 Å². The van der Waals surface area contributed by atoms with E-state index in [1.54, 1.807) is 24.3 Å². The van der Waals surface area contributed by atoms with Crippen LogP contribution in [-0.2, 0) is 11.2 Å². The monoisotopic (exact) mass is 428 g/mol. The third kappa shape index (κ3) is 6.30. The molecule has 3 aromatic rings. The topological polar surface area (TPSA) is 83.1 Å². The number of hydrogen-bond donors (Lipinski definition) is 3. The van der Waals surface area contributed by atoms with Crippen molar-refractivity contribution in [3.8, 4) is 0 Å². The molecule has 29 heavy (non-hydrogen) atoms. The highest BCUT2D eigenvalue weighted by Gasteiger charge is 2.09. The van der Waals surface area contributed by atoms with Gasteiger partial charge in [-0.2, -0.15) is 0 Å². The minimum atomic E-state index is -0.402. The Morgan fingerprint density at radius 1 is 1.00 bits per heavy atom. The Labute approximate surface area is 178 Å². The molecular weight excluding hydrogens is 408 g/mol. The van der Waals surface area contributed by atoms with E-state index in [-0.39, 0.29) is 5.91 Å². The Morgan fingerprint density at radius 3 is 2.55 bits per heavy atom. The first-order valence-corrected chi connectivity index (χ1v) is 10.3. The van der Waals surface area contributed by atoms with Gasteiger partial charge in [0.25, 0.3) is 0 Å². The van der Waals surface area contributed by atoms with Crippen LogP contribution in [0.1, 0.15) is 23.2 Å². The van der Waals surface area contributed by atoms with E-state index in [1.807, 2.05) is 37.4 Å². The van der Waals surface area contributed by atoms with Gasteiger partial charge in [-0.05, 0) is 61.7 Å². The van der Waals surface area contributed by atoms with E-state index in [0.29, 0.717) is 28.7 Å². The molecule has 0 spiro atoms. The molecule has 1 aromatic heterocycles.